The predicted octanol–water partition coefficient (Wildman–Crippen LogP) is 4.35. The summed E-state index contributed by atoms with van der Waals surface area (Å²) in [6.45, 7) is 2.05. The molecule has 1 N–H and O–H groups in total. The molecule has 0 fully saturated rings. The van der Waals surface area contributed by atoms with E-state index in [0.29, 0.717) is 16.5 Å². The molecule has 2 aromatic rings. The third kappa shape index (κ3) is 3.28. The van der Waals surface area contributed by atoms with E-state index in [0.717, 1.165) is 16.9 Å². The van der Waals surface area contributed by atoms with Crippen molar-refractivity contribution in [2.75, 3.05) is 17.3 Å². The van der Waals surface area contributed by atoms with Crippen LogP contribution in [0.1, 0.15) is 12.5 Å². The van der Waals surface area contributed by atoms with Crippen molar-refractivity contribution in [2.24, 2.45) is 0 Å². The highest BCUT2D eigenvalue weighted by Gasteiger charge is 2.40. The number of ether oxygens (including phenoxy) is 1. The van der Waals surface area contributed by atoms with Gasteiger partial charge in [-0.15, -0.1) is 0 Å². The Balaban J connectivity index is 1.93. The van der Waals surface area contributed by atoms with Gasteiger partial charge in [0.1, 0.15) is 16.5 Å². The molecule has 0 aliphatic carbocycles. The molecular formula is C19H16Cl2N2O3. The first-order chi connectivity index (χ1) is 12.5. The van der Waals surface area contributed by atoms with Crippen LogP contribution in [-0.4, -0.2) is 18.9 Å². The van der Waals surface area contributed by atoms with Crippen molar-refractivity contribution >= 4 is 46.4 Å². The third-order valence-corrected chi connectivity index (χ3v) is 4.63. The van der Waals surface area contributed by atoms with Gasteiger partial charge in [0, 0.05) is 10.7 Å². The Labute approximate surface area is 161 Å². The maximum Gasteiger partial charge on any atom is 0.283 e. The number of rotatable bonds is 5. The largest absolute Gasteiger partial charge is 0.495 e. The normalized spacial score (nSPS) is 14.2. The zero-order valence-electron chi connectivity index (χ0n) is 14.2. The van der Waals surface area contributed by atoms with Crippen molar-refractivity contribution in [3.05, 3.63) is 63.8 Å². The number of hydrogen-bond donors (Lipinski definition) is 1. The number of amides is 2. The summed E-state index contributed by atoms with van der Waals surface area (Å²) in [6.07, 6.45) is 0.906. The lowest BCUT2D eigenvalue weighted by Crippen LogP contribution is -2.32. The van der Waals surface area contributed by atoms with Crippen molar-refractivity contribution in [3.8, 4) is 5.75 Å². The molecule has 0 aromatic heterocycles. The minimum Gasteiger partial charge on any atom is -0.495 e. The van der Waals surface area contributed by atoms with Crippen LogP contribution in [0, 0.1) is 0 Å². The third-order valence-electron chi connectivity index (χ3n) is 4.04. The summed E-state index contributed by atoms with van der Waals surface area (Å²) in [7, 11) is 1.45. The number of nitrogens with zero attached hydrogens (tertiary/aromatic N) is 1. The van der Waals surface area contributed by atoms with E-state index in [2.05, 4.69) is 12.2 Å². The number of methoxy groups -OCH3 is 1. The maximum atomic E-state index is 12.8. The topological polar surface area (TPSA) is 58.6 Å². The molecule has 0 unspecified atom stereocenters. The Bertz CT molecular complexity index is 908. The summed E-state index contributed by atoms with van der Waals surface area (Å²) in [5, 5.41) is 3.12. The van der Waals surface area contributed by atoms with Crippen LogP contribution < -0.4 is 15.0 Å². The molecule has 2 amide bonds. The number of carbonyl (C=O) groups excluding carboxylic acids is 2. The molecule has 1 aliphatic rings. The maximum absolute atomic E-state index is 12.8. The standard InChI is InChI=1S/C19H16Cl2N2O3/c1-3-11-4-7-13(8-5-11)22-17-16(21)18(24)23(19(17)25)14-10-12(20)6-9-15(14)26-2/h4-10,22H,3H2,1-2H3. The van der Waals surface area contributed by atoms with Gasteiger partial charge in [0.15, 0.2) is 0 Å². The first kappa shape index (κ1) is 18.3. The van der Waals surface area contributed by atoms with Gasteiger partial charge in [0.2, 0.25) is 0 Å². The molecule has 0 saturated carbocycles. The number of anilines is 2. The molecular weight excluding hydrogens is 375 g/mol. The molecule has 0 atom stereocenters. The monoisotopic (exact) mass is 390 g/mol. The second-order valence-electron chi connectivity index (χ2n) is 5.63. The van der Waals surface area contributed by atoms with Crippen molar-refractivity contribution in [3.63, 3.8) is 0 Å². The molecule has 0 saturated heterocycles. The van der Waals surface area contributed by atoms with Crippen LogP contribution in [0.15, 0.2) is 53.2 Å². The Hall–Kier alpha value is -2.50. The summed E-state index contributed by atoms with van der Waals surface area (Å²) < 4.78 is 5.24. The lowest BCUT2D eigenvalue weighted by Gasteiger charge is -2.18. The van der Waals surface area contributed by atoms with E-state index in [9.17, 15) is 9.59 Å². The van der Waals surface area contributed by atoms with E-state index in [1.54, 1.807) is 12.1 Å². The molecule has 7 heteroatoms. The minimum absolute atomic E-state index is 0.0166. The Morgan fingerprint density at radius 1 is 1.04 bits per heavy atom. The molecule has 1 aliphatic heterocycles. The van der Waals surface area contributed by atoms with Gasteiger partial charge in [0.05, 0.1) is 12.8 Å². The quantitative estimate of drug-likeness (QED) is 0.771. The predicted molar refractivity (Wildman–Crippen MR) is 103 cm³/mol. The van der Waals surface area contributed by atoms with E-state index >= 15 is 0 Å². The highest BCUT2D eigenvalue weighted by atomic mass is 35.5. The average Bonchev–Trinajstić information content (AvgIpc) is 2.85. The number of halogens is 2. The van der Waals surface area contributed by atoms with E-state index < -0.39 is 11.8 Å². The minimum atomic E-state index is -0.634. The molecule has 0 spiro atoms. The molecule has 2 aromatic carbocycles. The molecule has 134 valence electrons. The average molecular weight is 391 g/mol. The molecule has 5 nitrogen and oxygen atoms in total. The zero-order chi connectivity index (χ0) is 18.8. The van der Waals surface area contributed by atoms with Crippen molar-refractivity contribution < 1.29 is 14.3 Å². The number of nitrogens with one attached hydrogen (secondary N) is 1. The summed E-state index contributed by atoms with van der Waals surface area (Å²) >= 11 is 12.2. The number of benzene rings is 2. The van der Waals surface area contributed by atoms with Crippen LogP contribution in [0.4, 0.5) is 11.4 Å². The Morgan fingerprint density at radius 3 is 2.35 bits per heavy atom. The summed E-state index contributed by atoms with van der Waals surface area (Å²) in [4.78, 5) is 26.4. The van der Waals surface area contributed by atoms with Gasteiger partial charge in [0.25, 0.3) is 11.8 Å². The van der Waals surface area contributed by atoms with Crippen LogP contribution in [0.2, 0.25) is 5.02 Å². The van der Waals surface area contributed by atoms with Gasteiger partial charge in [-0.05, 0) is 42.3 Å². The van der Waals surface area contributed by atoms with E-state index in [1.165, 1.54) is 13.2 Å². The van der Waals surface area contributed by atoms with E-state index in [4.69, 9.17) is 27.9 Å². The Kier molecular flexibility index (Phi) is 5.20. The SMILES string of the molecule is CCc1ccc(NC2=C(Cl)C(=O)N(c3cc(Cl)ccc3OC)C2=O)cc1. The number of hydrogen-bond acceptors (Lipinski definition) is 4. The van der Waals surface area contributed by atoms with Crippen LogP contribution in [0.25, 0.3) is 0 Å². The van der Waals surface area contributed by atoms with Crippen molar-refractivity contribution in [1.29, 1.82) is 0 Å². The summed E-state index contributed by atoms with van der Waals surface area (Å²) in [5.74, 6) is -0.862. The Morgan fingerprint density at radius 2 is 1.73 bits per heavy atom. The molecule has 26 heavy (non-hydrogen) atoms. The zero-order valence-corrected chi connectivity index (χ0v) is 15.7. The van der Waals surface area contributed by atoms with Crippen molar-refractivity contribution in [2.45, 2.75) is 13.3 Å². The molecule has 1 heterocycles. The lowest BCUT2D eigenvalue weighted by atomic mass is 10.1. The van der Waals surface area contributed by atoms with Gasteiger partial charge in [-0.3, -0.25) is 9.59 Å². The van der Waals surface area contributed by atoms with Gasteiger partial charge in [-0.1, -0.05) is 42.3 Å². The van der Waals surface area contributed by atoms with Gasteiger partial charge < -0.3 is 10.1 Å². The molecule has 3 rings (SSSR count). The second-order valence-corrected chi connectivity index (χ2v) is 6.44. The number of imide groups is 1. The summed E-state index contributed by atoms with van der Waals surface area (Å²) in [6, 6.07) is 12.2. The lowest BCUT2D eigenvalue weighted by molar-refractivity contribution is -0.120. The van der Waals surface area contributed by atoms with Crippen LogP contribution >= 0.6 is 23.2 Å². The van der Waals surface area contributed by atoms with Crippen LogP contribution in [0.5, 0.6) is 5.75 Å². The number of carbonyl (C=O) groups is 2. The van der Waals surface area contributed by atoms with Gasteiger partial charge >= 0.3 is 0 Å². The fraction of sp³-hybridized carbons (Fsp3) is 0.158. The highest BCUT2D eigenvalue weighted by Crippen LogP contribution is 2.37. The summed E-state index contributed by atoms with van der Waals surface area (Å²) in [5.41, 5.74) is 2.08. The number of aryl methyl sites for hydroxylation is 1. The second kappa shape index (κ2) is 7.40. The molecule has 0 radical (unpaired) electrons. The fourth-order valence-electron chi connectivity index (χ4n) is 2.64. The molecule has 0 bridgehead atoms. The van der Waals surface area contributed by atoms with E-state index in [1.807, 2.05) is 24.3 Å². The fourth-order valence-corrected chi connectivity index (χ4v) is 3.02. The van der Waals surface area contributed by atoms with Crippen LogP contribution in [0.3, 0.4) is 0 Å². The van der Waals surface area contributed by atoms with E-state index in [-0.39, 0.29) is 16.4 Å². The van der Waals surface area contributed by atoms with Crippen molar-refractivity contribution in [1.82, 2.24) is 0 Å². The van der Waals surface area contributed by atoms with Gasteiger partial charge in [-0.25, -0.2) is 4.90 Å². The first-order valence-electron chi connectivity index (χ1n) is 7.94. The smallest absolute Gasteiger partial charge is 0.283 e. The van der Waals surface area contributed by atoms with Gasteiger partial charge in [-0.2, -0.15) is 0 Å². The first-order valence-corrected chi connectivity index (χ1v) is 8.70. The highest BCUT2D eigenvalue weighted by molar-refractivity contribution is 6.53. The van der Waals surface area contributed by atoms with Crippen LogP contribution in [-0.2, 0) is 16.0 Å².